The largest absolute Gasteiger partial charge is 0.507 e. The predicted molar refractivity (Wildman–Crippen MR) is 73.0 cm³/mol. The summed E-state index contributed by atoms with van der Waals surface area (Å²) in [6.45, 7) is 5.13. The van der Waals surface area contributed by atoms with Crippen molar-refractivity contribution >= 4 is 15.9 Å². The molecule has 96 valence electrons. The second-order valence-corrected chi connectivity index (χ2v) is 5.38. The third-order valence-corrected chi connectivity index (χ3v) is 3.81. The maximum atomic E-state index is 9.40. The molecule has 3 nitrogen and oxygen atoms in total. The number of hydrogen-bond acceptors (Lipinski definition) is 3. The third-order valence-electron chi connectivity index (χ3n) is 3.18. The number of phenols is 1. The van der Waals surface area contributed by atoms with Gasteiger partial charge in [-0.25, -0.2) is 0 Å². The van der Waals surface area contributed by atoms with E-state index >= 15 is 0 Å². The summed E-state index contributed by atoms with van der Waals surface area (Å²) in [4.78, 5) is 0. The lowest BCUT2D eigenvalue weighted by Crippen LogP contribution is -2.42. The Balaban J connectivity index is 2.62. The molecule has 0 spiro atoms. The fourth-order valence-corrected chi connectivity index (χ4v) is 2.04. The first-order chi connectivity index (χ1) is 8.00. The van der Waals surface area contributed by atoms with Crippen molar-refractivity contribution < 1.29 is 10.2 Å². The van der Waals surface area contributed by atoms with E-state index in [9.17, 15) is 5.11 Å². The van der Waals surface area contributed by atoms with Crippen LogP contribution in [0.15, 0.2) is 22.7 Å². The van der Waals surface area contributed by atoms with Crippen molar-refractivity contribution in [1.82, 2.24) is 5.32 Å². The zero-order valence-corrected chi connectivity index (χ0v) is 11.9. The van der Waals surface area contributed by atoms with Crippen LogP contribution in [0.2, 0.25) is 0 Å². The van der Waals surface area contributed by atoms with Gasteiger partial charge < -0.3 is 15.5 Å². The highest BCUT2D eigenvalue weighted by Gasteiger charge is 2.20. The SMILES string of the molecule is CCC(C)(CCO)NCc1ccc(O)c(Br)c1. The summed E-state index contributed by atoms with van der Waals surface area (Å²) in [6.07, 6.45) is 1.70. The Labute approximate surface area is 111 Å². The van der Waals surface area contributed by atoms with Gasteiger partial charge >= 0.3 is 0 Å². The van der Waals surface area contributed by atoms with Crippen LogP contribution in [0.1, 0.15) is 32.3 Å². The molecule has 0 aromatic heterocycles. The van der Waals surface area contributed by atoms with Crippen molar-refractivity contribution in [3.63, 3.8) is 0 Å². The summed E-state index contributed by atoms with van der Waals surface area (Å²) >= 11 is 3.30. The van der Waals surface area contributed by atoms with Crippen molar-refractivity contribution in [2.75, 3.05) is 6.61 Å². The van der Waals surface area contributed by atoms with E-state index in [4.69, 9.17) is 5.11 Å². The molecule has 0 saturated carbocycles. The second-order valence-electron chi connectivity index (χ2n) is 4.53. The number of phenolic OH excluding ortho intramolecular Hbond substituents is 1. The van der Waals surface area contributed by atoms with Crippen LogP contribution in [0.3, 0.4) is 0 Å². The van der Waals surface area contributed by atoms with Crippen molar-refractivity contribution in [3.8, 4) is 5.75 Å². The first-order valence-electron chi connectivity index (χ1n) is 5.84. The van der Waals surface area contributed by atoms with Crippen LogP contribution in [0.25, 0.3) is 0 Å². The summed E-state index contributed by atoms with van der Waals surface area (Å²) in [6, 6.07) is 5.47. The smallest absolute Gasteiger partial charge is 0.129 e. The third kappa shape index (κ3) is 4.30. The van der Waals surface area contributed by atoms with Crippen molar-refractivity contribution in [1.29, 1.82) is 0 Å². The molecule has 4 heteroatoms. The number of aliphatic hydroxyl groups excluding tert-OH is 1. The lowest BCUT2D eigenvalue weighted by molar-refractivity contribution is 0.214. The maximum absolute atomic E-state index is 9.40. The van der Waals surface area contributed by atoms with Gasteiger partial charge in [0.15, 0.2) is 0 Å². The number of hydrogen-bond donors (Lipinski definition) is 3. The van der Waals surface area contributed by atoms with Gasteiger partial charge in [-0.2, -0.15) is 0 Å². The highest BCUT2D eigenvalue weighted by Crippen LogP contribution is 2.24. The molecule has 0 bridgehead atoms. The van der Waals surface area contributed by atoms with Gasteiger partial charge in [0.1, 0.15) is 5.75 Å². The summed E-state index contributed by atoms with van der Waals surface area (Å²) in [5, 5.41) is 21.9. The Morgan fingerprint density at radius 2 is 2.12 bits per heavy atom. The zero-order valence-electron chi connectivity index (χ0n) is 10.3. The number of aliphatic hydroxyl groups is 1. The second kappa shape index (κ2) is 6.38. The molecule has 1 atom stereocenters. The Bertz CT molecular complexity index is 370. The van der Waals surface area contributed by atoms with Crippen LogP contribution in [-0.4, -0.2) is 22.4 Å². The number of aromatic hydroxyl groups is 1. The number of rotatable bonds is 6. The minimum absolute atomic E-state index is 0.0425. The first-order valence-corrected chi connectivity index (χ1v) is 6.63. The summed E-state index contributed by atoms with van der Waals surface area (Å²) < 4.78 is 0.706. The van der Waals surface area contributed by atoms with Gasteiger partial charge in [0.25, 0.3) is 0 Å². The van der Waals surface area contributed by atoms with Crippen LogP contribution >= 0.6 is 15.9 Å². The molecule has 0 fully saturated rings. The minimum atomic E-state index is -0.0425. The lowest BCUT2D eigenvalue weighted by atomic mass is 9.94. The summed E-state index contributed by atoms with van der Waals surface area (Å²) in [7, 11) is 0. The van der Waals surface area contributed by atoms with E-state index < -0.39 is 0 Å². The fourth-order valence-electron chi connectivity index (χ4n) is 1.61. The topological polar surface area (TPSA) is 52.5 Å². The standard InChI is InChI=1S/C13H20BrNO2/c1-3-13(2,6-7-16)15-9-10-4-5-12(17)11(14)8-10/h4-5,8,15-17H,3,6-7,9H2,1-2H3. The van der Waals surface area contributed by atoms with Crippen LogP contribution in [0.4, 0.5) is 0 Å². The molecule has 1 aromatic rings. The molecule has 0 heterocycles. The quantitative estimate of drug-likeness (QED) is 0.757. The summed E-state index contributed by atoms with van der Waals surface area (Å²) in [5.74, 6) is 0.252. The predicted octanol–water partition coefficient (Wildman–Crippen LogP) is 2.80. The van der Waals surface area contributed by atoms with Crippen LogP contribution in [-0.2, 0) is 6.54 Å². The van der Waals surface area contributed by atoms with E-state index in [1.807, 2.05) is 12.1 Å². The molecular weight excluding hydrogens is 282 g/mol. The molecule has 0 amide bonds. The van der Waals surface area contributed by atoms with Gasteiger partial charge in [0.2, 0.25) is 0 Å². The van der Waals surface area contributed by atoms with E-state index in [2.05, 4.69) is 35.1 Å². The highest BCUT2D eigenvalue weighted by atomic mass is 79.9. The minimum Gasteiger partial charge on any atom is -0.507 e. The zero-order chi connectivity index (χ0) is 12.9. The van der Waals surface area contributed by atoms with E-state index in [1.54, 1.807) is 6.07 Å². The average molecular weight is 302 g/mol. The van der Waals surface area contributed by atoms with Gasteiger partial charge in [-0.15, -0.1) is 0 Å². The van der Waals surface area contributed by atoms with E-state index in [0.717, 1.165) is 24.9 Å². The van der Waals surface area contributed by atoms with Crippen LogP contribution in [0.5, 0.6) is 5.75 Å². The normalized spacial score (nSPS) is 14.6. The Morgan fingerprint density at radius 1 is 1.41 bits per heavy atom. The Hall–Kier alpha value is -0.580. The molecule has 0 aliphatic carbocycles. The van der Waals surface area contributed by atoms with Gasteiger partial charge in [0, 0.05) is 18.7 Å². The molecule has 0 aliphatic heterocycles. The van der Waals surface area contributed by atoms with Crippen molar-refractivity contribution in [2.24, 2.45) is 0 Å². The molecule has 0 radical (unpaired) electrons. The number of nitrogens with one attached hydrogen (secondary N) is 1. The lowest BCUT2D eigenvalue weighted by Gasteiger charge is -2.29. The molecule has 1 rings (SSSR count). The van der Waals surface area contributed by atoms with Crippen LogP contribution in [0, 0.1) is 0 Å². The number of benzene rings is 1. The monoisotopic (exact) mass is 301 g/mol. The van der Waals surface area contributed by atoms with Gasteiger partial charge in [-0.1, -0.05) is 13.0 Å². The molecule has 3 N–H and O–H groups in total. The molecular formula is C13H20BrNO2. The average Bonchev–Trinajstić information content (AvgIpc) is 2.31. The summed E-state index contributed by atoms with van der Waals surface area (Å²) in [5.41, 5.74) is 1.06. The van der Waals surface area contributed by atoms with Gasteiger partial charge in [-0.3, -0.25) is 0 Å². The number of halogens is 1. The Morgan fingerprint density at radius 3 is 2.65 bits per heavy atom. The molecule has 1 unspecified atom stereocenters. The van der Waals surface area contributed by atoms with Crippen LogP contribution < -0.4 is 5.32 Å². The Kier molecular flexibility index (Phi) is 5.43. The van der Waals surface area contributed by atoms with Gasteiger partial charge in [-0.05, 0) is 53.4 Å². The maximum Gasteiger partial charge on any atom is 0.129 e. The van der Waals surface area contributed by atoms with Gasteiger partial charge in [0.05, 0.1) is 4.47 Å². The molecule has 1 aromatic carbocycles. The van der Waals surface area contributed by atoms with E-state index in [0.29, 0.717) is 4.47 Å². The van der Waals surface area contributed by atoms with E-state index in [-0.39, 0.29) is 17.9 Å². The molecule has 0 aliphatic rings. The van der Waals surface area contributed by atoms with E-state index in [1.165, 1.54) is 0 Å². The molecule has 0 saturated heterocycles. The molecule has 17 heavy (non-hydrogen) atoms. The first kappa shape index (κ1) is 14.5. The fraction of sp³-hybridized carbons (Fsp3) is 0.538. The van der Waals surface area contributed by atoms with Crippen molar-refractivity contribution in [3.05, 3.63) is 28.2 Å². The van der Waals surface area contributed by atoms with Crippen molar-refractivity contribution in [2.45, 2.75) is 38.8 Å². The highest BCUT2D eigenvalue weighted by molar-refractivity contribution is 9.10.